The summed E-state index contributed by atoms with van der Waals surface area (Å²) in [7, 11) is 0. The molecule has 9 atom stereocenters. The lowest BCUT2D eigenvalue weighted by molar-refractivity contribution is -0.184. The van der Waals surface area contributed by atoms with Crippen molar-refractivity contribution in [1.82, 2.24) is 5.32 Å². The summed E-state index contributed by atoms with van der Waals surface area (Å²) in [4.78, 5) is 62.5. The van der Waals surface area contributed by atoms with Crippen LogP contribution in [0.1, 0.15) is 105 Å². The molecule has 11 nitrogen and oxygen atoms in total. The summed E-state index contributed by atoms with van der Waals surface area (Å²) in [5.74, 6) is -2.75. The van der Waals surface area contributed by atoms with Gasteiger partial charge in [0.25, 0.3) is 0 Å². The first-order valence-corrected chi connectivity index (χ1v) is 17.0. The van der Waals surface area contributed by atoms with Crippen LogP contribution in [0.2, 0.25) is 0 Å². The number of hydrogen-bond donors (Lipinski definition) is 4. The van der Waals surface area contributed by atoms with E-state index in [0.717, 1.165) is 18.4 Å². The van der Waals surface area contributed by atoms with Gasteiger partial charge in [-0.15, -0.1) is 0 Å². The van der Waals surface area contributed by atoms with Crippen LogP contribution >= 0.6 is 0 Å². The molecule has 1 aliphatic heterocycles. The van der Waals surface area contributed by atoms with Gasteiger partial charge in [-0.2, -0.15) is 0 Å². The molecule has 5 rings (SSSR count). The number of aliphatic carboxylic acids is 1. The number of aliphatic hydroxyl groups excluding tert-OH is 1. The molecular weight excluding hydrogens is 594 g/mol. The molecule has 4 N–H and O–H groups in total. The third-order valence-electron chi connectivity index (χ3n) is 12.5. The van der Waals surface area contributed by atoms with Gasteiger partial charge >= 0.3 is 11.9 Å². The Hall–Kier alpha value is -2.63. The normalized spacial score (nSPS) is 38.8. The molecule has 0 aromatic heterocycles. The summed E-state index contributed by atoms with van der Waals surface area (Å²) in [6, 6.07) is -0.600. The minimum absolute atomic E-state index is 0.00491. The molecule has 1 amide bonds. The third kappa shape index (κ3) is 6.43. The number of ether oxygens (including phenoxy) is 2. The first-order chi connectivity index (χ1) is 21.5. The summed E-state index contributed by atoms with van der Waals surface area (Å²) < 4.78 is 11.0. The lowest BCUT2D eigenvalue weighted by Crippen LogP contribution is -2.62. The van der Waals surface area contributed by atoms with Gasteiger partial charge in [0.15, 0.2) is 12.4 Å². The topological polar surface area (TPSA) is 177 Å². The Kier molecular flexibility index (Phi) is 9.63. The van der Waals surface area contributed by atoms with Gasteiger partial charge in [0.1, 0.15) is 5.60 Å². The standard InChI is InChI=1S/C35H51NO10/c1-32(2)17-20(11-14-46-32)25(16-29(41)42)36-28(40)7-8-30(43)45-19-27(39)35(44)13-10-24-23-6-5-21-15-22(37)9-12-33(21,3)31(23)26(38)18-34(24,35)4/h15,20,23-26,31,38,44H,5-14,16-19H2,1-4H3,(H,36,40)(H,41,42). The zero-order chi connectivity index (χ0) is 33.7. The van der Waals surface area contributed by atoms with Crippen LogP contribution in [0.15, 0.2) is 11.6 Å². The minimum atomic E-state index is -1.76. The van der Waals surface area contributed by atoms with Crippen molar-refractivity contribution in [3.8, 4) is 0 Å². The molecule has 0 aromatic carbocycles. The first kappa shape index (κ1) is 34.7. The predicted octanol–water partition coefficient (Wildman–Crippen LogP) is 3.28. The number of Topliss-reactive ketones (excluding diaryl/α,β-unsaturated/α-hetero) is 1. The maximum atomic E-state index is 13.5. The lowest BCUT2D eigenvalue weighted by atomic mass is 9.45. The van der Waals surface area contributed by atoms with Gasteiger partial charge in [-0.1, -0.05) is 19.4 Å². The van der Waals surface area contributed by atoms with Crippen molar-refractivity contribution in [1.29, 1.82) is 0 Å². The van der Waals surface area contributed by atoms with Crippen LogP contribution < -0.4 is 5.32 Å². The highest BCUT2D eigenvalue weighted by atomic mass is 16.5. The van der Waals surface area contributed by atoms with E-state index in [1.807, 2.05) is 20.8 Å². The number of carbonyl (C=O) groups is 5. The Morgan fingerprint density at radius 1 is 1.04 bits per heavy atom. The zero-order valence-electron chi connectivity index (χ0n) is 27.6. The van der Waals surface area contributed by atoms with Gasteiger partial charge in [-0.3, -0.25) is 24.0 Å². The van der Waals surface area contributed by atoms with Crippen molar-refractivity contribution in [3.63, 3.8) is 0 Å². The molecule has 4 fully saturated rings. The monoisotopic (exact) mass is 645 g/mol. The Morgan fingerprint density at radius 3 is 2.48 bits per heavy atom. The second-order valence-corrected chi connectivity index (χ2v) is 15.7. The van der Waals surface area contributed by atoms with Gasteiger partial charge in [-0.25, -0.2) is 0 Å². The quantitative estimate of drug-likeness (QED) is 0.258. The van der Waals surface area contributed by atoms with Gasteiger partial charge < -0.3 is 30.1 Å². The van der Waals surface area contributed by atoms with E-state index in [2.05, 4.69) is 12.2 Å². The summed E-state index contributed by atoms with van der Waals surface area (Å²) in [5.41, 5.74) is -2.24. The number of carboxylic acid groups (broad SMARTS) is 1. The maximum Gasteiger partial charge on any atom is 0.306 e. The van der Waals surface area contributed by atoms with E-state index < -0.39 is 59.0 Å². The molecule has 0 aromatic rings. The van der Waals surface area contributed by atoms with Crippen molar-refractivity contribution < 1.29 is 48.8 Å². The fourth-order valence-corrected chi connectivity index (χ4v) is 10.1. The SMILES string of the molecule is CC1(C)CC(C(CC(=O)O)NC(=O)CCC(=O)OCC(=O)C2(O)CCC3C4CCC5=CC(=O)CCC5(C)C4C(O)CC32C)CCO1. The molecule has 0 spiro atoms. The summed E-state index contributed by atoms with van der Waals surface area (Å²) in [6.07, 6.45) is 5.27. The summed E-state index contributed by atoms with van der Waals surface area (Å²) >= 11 is 0. The number of carbonyl (C=O) groups excluding carboxylic acids is 4. The van der Waals surface area contributed by atoms with E-state index >= 15 is 0 Å². The van der Waals surface area contributed by atoms with Crippen molar-refractivity contribution >= 4 is 29.4 Å². The molecule has 1 saturated heterocycles. The largest absolute Gasteiger partial charge is 0.481 e. The summed E-state index contributed by atoms with van der Waals surface area (Å²) in [5, 5.41) is 35.6. The number of ketones is 2. The Bertz CT molecular complexity index is 1290. The Balaban J connectivity index is 1.16. The van der Waals surface area contributed by atoms with Crippen LogP contribution in [0.3, 0.4) is 0 Å². The number of aliphatic hydroxyl groups is 2. The smallest absolute Gasteiger partial charge is 0.306 e. The molecular formula is C35H51NO10. The van der Waals surface area contributed by atoms with Crippen LogP contribution in [-0.4, -0.2) is 81.3 Å². The minimum Gasteiger partial charge on any atom is -0.481 e. The van der Waals surface area contributed by atoms with Crippen LogP contribution in [0.25, 0.3) is 0 Å². The lowest BCUT2D eigenvalue weighted by Gasteiger charge is -2.60. The molecule has 1 heterocycles. The van der Waals surface area contributed by atoms with Crippen molar-refractivity contribution in [2.75, 3.05) is 13.2 Å². The van der Waals surface area contributed by atoms with Gasteiger partial charge in [0, 0.05) is 30.9 Å². The number of hydrogen-bond acceptors (Lipinski definition) is 9. The van der Waals surface area contributed by atoms with E-state index in [4.69, 9.17) is 9.47 Å². The Morgan fingerprint density at radius 2 is 1.78 bits per heavy atom. The Labute approximate surface area is 270 Å². The van der Waals surface area contributed by atoms with E-state index in [9.17, 15) is 39.3 Å². The average Bonchev–Trinajstić information content (AvgIpc) is 3.24. The molecule has 9 unspecified atom stereocenters. The van der Waals surface area contributed by atoms with Crippen LogP contribution in [0.5, 0.6) is 0 Å². The maximum absolute atomic E-state index is 13.5. The van der Waals surface area contributed by atoms with Gasteiger partial charge in [-0.05, 0) is 100 Å². The average molecular weight is 646 g/mol. The van der Waals surface area contributed by atoms with Crippen LogP contribution in [-0.2, 0) is 33.4 Å². The number of allylic oxidation sites excluding steroid dienone is 1. The highest BCUT2D eigenvalue weighted by molar-refractivity contribution is 5.92. The number of carboxylic acids is 1. The second kappa shape index (κ2) is 12.8. The molecule has 3 saturated carbocycles. The van der Waals surface area contributed by atoms with Crippen molar-refractivity contribution in [3.05, 3.63) is 11.6 Å². The first-order valence-electron chi connectivity index (χ1n) is 17.0. The van der Waals surface area contributed by atoms with Crippen molar-refractivity contribution in [2.24, 2.45) is 34.5 Å². The van der Waals surface area contributed by atoms with E-state index in [-0.39, 0.29) is 67.0 Å². The number of fused-ring (bicyclic) bond motifs is 5. The number of esters is 1. The fraction of sp³-hybridized carbons (Fsp3) is 0.800. The number of nitrogens with one attached hydrogen (secondary N) is 1. The highest BCUT2D eigenvalue weighted by Gasteiger charge is 2.68. The van der Waals surface area contributed by atoms with Gasteiger partial charge in [0.2, 0.25) is 11.7 Å². The molecule has 0 bridgehead atoms. The predicted molar refractivity (Wildman–Crippen MR) is 165 cm³/mol. The third-order valence-corrected chi connectivity index (χ3v) is 12.5. The van der Waals surface area contributed by atoms with Crippen LogP contribution in [0, 0.1) is 34.5 Å². The highest BCUT2D eigenvalue weighted by Crippen LogP contribution is 2.67. The second-order valence-electron chi connectivity index (χ2n) is 15.7. The molecule has 4 aliphatic carbocycles. The zero-order valence-corrected chi connectivity index (χ0v) is 27.6. The molecule has 5 aliphatic rings. The molecule has 46 heavy (non-hydrogen) atoms. The van der Waals surface area contributed by atoms with E-state index in [1.165, 1.54) is 0 Å². The van der Waals surface area contributed by atoms with Crippen molar-refractivity contribution in [2.45, 2.75) is 128 Å². The van der Waals surface area contributed by atoms with E-state index in [0.29, 0.717) is 38.7 Å². The fourth-order valence-electron chi connectivity index (χ4n) is 10.1. The van der Waals surface area contributed by atoms with E-state index in [1.54, 1.807) is 6.08 Å². The number of rotatable bonds is 10. The van der Waals surface area contributed by atoms with Crippen LogP contribution in [0.4, 0.5) is 0 Å². The number of amides is 1. The molecule has 256 valence electrons. The molecule has 0 radical (unpaired) electrons. The molecule has 11 heteroatoms. The van der Waals surface area contributed by atoms with Gasteiger partial charge in [0.05, 0.1) is 24.5 Å². The summed E-state index contributed by atoms with van der Waals surface area (Å²) in [6.45, 7) is 7.72.